The maximum absolute atomic E-state index is 13.3. The first-order valence-corrected chi connectivity index (χ1v) is 9.99. The van der Waals surface area contributed by atoms with E-state index in [9.17, 15) is 9.18 Å². The molecular weight excluding hydrogens is 357 g/mol. The minimum Gasteiger partial charge on any atom is -0.493 e. The van der Waals surface area contributed by atoms with Crippen LogP contribution in [0.15, 0.2) is 36.5 Å². The number of rotatable bonds is 6. The summed E-state index contributed by atoms with van der Waals surface area (Å²) in [6.45, 7) is 4.22. The molecule has 0 unspecified atom stereocenters. The second kappa shape index (κ2) is 8.17. The number of carbonyl (C=O) groups is 1. The van der Waals surface area contributed by atoms with Crippen molar-refractivity contribution in [2.75, 3.05) is 24.6 Å². The van der Waals surface area contributed by atoms with Gasteiger partial charge in [0.05, 0.1) is 12.2 Å². The third-order valence-electron chi connectivity index (χ3n) is 5.48. The fourth-order valence-corrected chi connectivity index (χ4v) is 3.45. The maximum Gasteiger partial charge on any atom is 0.253 e. The molecule has 4 rings (SSSR count). The second-order valence-corrected chi connectivity index (χ2v) is 7.81. The Morgan fingerprint density at radius 1 is 1.21 bits per heavy atom. The van der Waals surface area contributed by atoms with Crippen molar-refractivity contribution in [1.82, 2.24) is 10.3 Å². The van der Waals surface area contributed by atoms with Crippen LogP contribution in [0, 0.1) is 18.7 Å². The van der Waals surface area contributed by atoms with Crippen LogP contribution in [-0.4, -0.2) is 36.6 Å². The van der Waals surface area contributed by atoms with Crippen molar-refractivity contribution in [3.05, 3.63) is 53.5 Å². The Balaban J connectivity index is 1.25. The molecule has 148 valence electrons. The number of benzene rings is 1. The van der Waals surface area contributed by atoms with Crippen molar-refractivity contribution in [2.45, 2.75) is 38.6 Å². The Bertz CT molecular complexity index is 828. The molecule has 1 aromatic carbocycles. The summed E-state index contributed by atoms with van der Waals surface area (Å²) in [6, 6.07) is 9.02. The fraction of sp³-hybridized carbons (Fsp3) is 0.455. The molecule has 1 saturated carbocycles. The Labute approximate surface area is 164 Å². The highest BCUT2D eigenvalue weighted by atomic mass is 19.1. The van der Waals surface area contributed by atoms with Gasteiger partial charge >= 0.3 is 0 Å². The van der Waals surface area contributed by atoms with E-state index in [1.54, 1.807) is 25.3 Å². The number of anilines is 1. The maximum atomic E-state index is 13.3. The number of amides is 1. The third kappa shape index (κ3) is 4.61. The lowest BCUT2D eigenvalue weighted by atomic mass is 9.98. The van der Waals surface area contributed by atoms with Gasteiger partial charge in [0.15, 0.2) is 0 Å². The highest BCUT2D eigenvalue weighted by molar-refractivity contribution is 5.94. The monoisotopic (exact) mass is 383 g/mol. The molecule has 1 N–H and O–H groups in total. The zero-order valence-corrected chi connectivity index (χ0v) is 16.2. The molecule has 1 aliphatic heterocycles. The van der Waals surface area contributed by atoms with Crippen LogP contribution in [0.3, 0.4) is 0 Å². The average molecular weight is 383 g/mol. The molecule has 2 fully saturated rings. The van der Waals surface area contributed by atoms with Crippen LogP contribution in [0.25, 0.3) is 0 Å². The smallest absolute Gasteiger partial charge is 0.253 e. The number of nitrogens with zero attached hydrogens (tertiary/aromatic N) is 2. The molecule has 2 heterocycles. The second-order valence-electron chi connectivity index (χ2n) is 7.81. The number of aryl methyl sites for hydroxylation is 1. The van der Waals surface area contributed by atoms with Crippen LogP contribution in [0.2, 0.25) is 0 Å². The van der Waals surface area contributed by atoms with Crippen LogP contribution in [0.4, 0.5) is 10.2 Å². The quantitative estimate of drug-likeness (QED) is 0.826. The number of pyridine rings is 1. The normalized spacial score (nSPS) is 17.4. The Hall–Kier alpha value is -2.63. The fourth-order valence-electron chi connectivity index (χ4n) is 3.45. The number of hydrogen-bond acceptors (Lipinski definition) is 4. The van der Waals surface area contributed by atoms with Crippen LogP contribution in [0.5, 0.6) is 5.75 Å². The van der Waals surface area contributed by atoms with E-state index in [-0.39, 0.29) is 11.7 Å². The lowest BCUT2D eigenvalue weighted by Crippen LogP contribution is -2.36. The first-order valence-electron chi connectivity index (χ1n) is 9.99. The molecule has 1 saturated heterocycles. The molecular formula is C22H26FN3O2. The van der Waals surface area contributed by atoms with Crippen LogP contribution in [-0.2, 0) is 0 Å². The SMILES string of the molecule is Cc1cc(OCC2CCN(c3ccc(C(=O)NC4CC4)cn3)CC2)ccc1F. The standard InChI is InChI=1S/C22H26FN3O2/c1-15-12-19(5-6-20(15)23)28-14-16-8-10-26(11-9-16)21-7-2-17(13-24-21)22(27)25-18-3-4-18/h2,5-7,12-13,16,18H,3-4,8-11,14H2,1H3,(H,25,27). The minimum absolute atomic E-state index is 0.0339. The summed E-state index contributed by atoms with van der Waals surface area (Å²) in [5, 5.41) is 2.98. The molecule has 0 bridgehead atoms. The van der Waals surface area contributed by atoms with Crippen molar-refractivity contribution in [3.63, 3.8) is 0 Å². The van der Waals surface area contributed by atoms with E-state index in [0.29, 0.717) is 29.7 Å². The van der Waals surface area contributed by atoms with Crippen molar-refractivity contribution < 1.29 is 13.9 Å². The number of ether oxygens (including phenoxy) is 1. The van der Waals surface area contributed by atoms with Gasteiger partial charge in [0.1, 0.15) is 17.4 Å². The summed E-state index contributed by atoms with van der Waals surface area (Å²) >= 11 is 0. The molecule has 0 atom stereocenters. The predicted octanol–water partition coefficient (Wildman–Crippen LogP) is 3.72. The van der Waals surface area contributed by atoms with Crippen molar-refractivity contribution in [3.8, 4) is 5.75 Å². The predicted molar refractivity (Wildman–Crippen MR) is 106 cm³/mol. The van der Waals surface area contributed by atoms with E-state index in [1.165, 1.54) is 6.07 Å². The molecule has 28 heavy (non-hydrogen) atoms. The van der Waals surface area contributed by atoms with E-state index in [1.807, 2.05) is 12.1 Å². The Kier molecular flexibility index (Phi) is 5.46. The number of hydrogen-bond donors (Lipinski definition) is 1. The zero-order chi connectivity index (χ0) is 19.5. The highest BCUT2D eigenvalue weighted by Gasteiger charge is 2.24. The molecule has 1 aromatic heterocycles. The van der Waals surface area contributed by atoms with Gasteiger partial charge in [0.25, 0.3) is 5.91 Å². The molecule has 0 radical (unpaired) electrons. The van der Waals surface area contributed by atoms with Gasteiger partial charge in [-0.15, -0.1) is 0 Å². The molecule has 6 heteroatoms. The van der Waals surface area contributed by atoms with Crippen LogP contribution >= 0.6 is 0 Å². The molecule has 2 aliphatic rings. The summed E-state index contributed by atoms with van der Waals surface area (Å²) in [5.41, 5.74) is 1.22. The van der Waals surface area contributed by atoms with E-state index >= 15 is 0 Å². The number of halogens is 1. The summed E-state index contributed by atoms with van der Waals surface area (Å²) in [7, 11) is 0. The number of piperidine rings is 1. The van der Waals surface area contributed by atoms with E-state index in [2.05, 4.69) is 15.2 Å². The molecule has 1 amide bonds. The lowest BCUT2D eigenvalue weighted by molar-refractivity contribution is 0.0950. The van der Waals surface area contributed by atoms with Gasteiger partial charge in [0.2, 0.25) is 0 Å². The molecule has 5 nitrogen and oxygen atoms in total. The number of aromatic nitrogens is 1. The van der Waals surface area contributed by atoms with Crippen molar-refractivity contribution in [2.24, 2.45) is 5.92 Å². The van der Waals surface area contributed by atoms with E-state index in [4.69, 9.17) is 4.74 Å². The number of nitrogens with one attached hydrogen (secondary N) is 1. The first kappa shape index (κ1) is 18.7. The summed E-state index contributed by atoms with van der Waals surface area (Å²) < 4.78 is 19.2. The van der Waals surface area contributed by atoms with E-state index in [0.717, 1.165) is 50.3 Å². The largest absolute Gasteiger partial charge is 0.493 e. The third-order valence-corrected chi connectivity index (χ3v) is 5.48. The zero-order valence-electron chi connectivity index (χ0n) is 16.2. The Morgan fingerprint density at radius 3 is 2.64 bits per heavy atom. The topological polar surface area (TPSA) is 54.5 Å². The average Bonchev–Trinajstić information content (AvgIpc) is 3.53. The van der Waals surface area contributed by atoms with Gasteiger partial charge in [-0.3, -0.25) is 4.79 Å². The molecule has 2 aromatic rings. The minimum atomic E-state index is -0.204. The summed E-state index contributed by atoms with van der Waals surface area (Å²) in [4.78, 5) is 18.8. The van der Waals surface area contributed by atoms with E-state index < -0.39 is 0 Å². The van der Waals surface area contributed by atoms with Crippen LogP contribution in [0.1, 0.15) is 41.6 Å². The summed E-state index contributed by atoms with van der Waals surface area (Å²) in [5.74, 6) is 1.88. The molecule has 0 spiro atoms. The van der Waals surface area contributed by atoms with Gasteiger partial charge < -0.3 is 15.0 Å². The summed E-state index contributed by atoms with van der Waals surface area (Å²) in [6.07, 6.45) is 5.87. The van der Waals surface area contributed by atoms with Gasteiger partial charge in [-0.1, -0.05) is 0 Å². The Morgan fingerprint density at radius 2 is 2.00 bits per heavy atom. The van der Waals surface area contributed by atoms with Crippen molar-refractivity contribution >= 4 is 11.7 Å². The van der Waals surface area contributed by atoms with Gasteiger partial charge in [-0.25, -0.2) is 9.37 Å². The highest BCUT2D eigenvalue weighted by Crippen LogP contribution is 2.24. The molecule has 1 aliphatic carbocycles. The lowest BCUT2D eigenvalue weighted by Gasteiger charge is -2.32. The first-order chi connectivity index (χ1) is 13.6. The van der Waals surface area contributed by atoms with Crippen LogP contribution < -0.4 is 15.0 Å². The van der Waals surface area contributed by atoms with Gasteiger partial charge in [0, 0.05) is 25.3 Å². The van der Waals surface area contributed by atoms with Crippen molar-refractivity contribution in [1.29, 1.82) is 0 Å². The van der Waals surface area contributed by atoms with Gasteiger partial charge in [-0.2, -0.15) is 0 Å². The van der Waals surface area contributed by atoms with Gasteiger partial charge in [-0.05, 0) is 74.4 Å². The number of carbonyl (C=O) groups excluding carboxylic acids is 1.